The molecule has 0 spiro atoms. The minimum Gasteiger partial charge on any atom is -0.467 e. The molecule has 9 heteroatoms. The molecule has 0 radical (unpaired) electrons. The van der Waals surface area contributed by atoms with Crippen molar-refractivity contribution in [3.05, 3.63) is 39.9 Å². The second-order valence-electron chi connectivity index (χ2n) is 4.88. The average Bonchev–Trinajstić information content (AvgIpc) is 2.92. The summed E-state index contributed by atoms with van der Waals surface area (Å²) in [5.41, 5.74) is 0.110. The number of rotatable bonds is 4. The first-order chi connectivity index (χ1) is 10.8. The number of esters is 2. The zero-order valence-electron chi connectivity index (χ0n) is 12.7. The van der Waals surface area contributed by atoms with Crippen molar-refractivity contribution in [1.82, 2.24) is 0 Å². The molecule has 1 aromatic rings. The van der Waals surface area contributed by atoms with Gasteiger partial charge in [-0.25, -0.2) is 9.59 Å². The van der Waals surface area contributed by atoms with Crippen LogP contribution in [0.4, 0.5) is 5.69 Å². The van der Waals surface area contributed by atoms with Gasteiger partial charge in [-0.2, -0.15) is 0 Å². The lowest BCUT2D eigenvalue weighted by molar-refractivity contribution is -0.385. The standard InChI is InChI=1S/C14H15NO8/c1-14(8-5-4-6-9(7-8)15(18)19)22-10(12(16)20-2)11(23-14)13(17)21-3/h4-7,10-11H,1-3H3. The van der Waals surface area contributed by atoms with Gasteiger partial charge in [-0.05, 0) is 6.92 Å². The molecule has 1 saturated heterocycles. The van der Waals surface area contributed by atoms with Crippen molar-refractivity contribution < 1.29 is 33.5 Å². The predicted molar refractivity (Wildman–Crippen MR) is 74.2 cm³/mol. The first kappa shape index (κ1) is 16.8. The van der Waals surface area contributed by atoms with Crippen LogP contribution in [0.1, 0.15) is 12.5 Å². The Labute approximate surface area is 131 Å². The zero-order valence-corrected chi connectivity index (χ0v) is 12.7. The van der Waals surface area contributed by atoms with E-state index in [1.807, 2.05) is 0 Å². The molecule has 1 fully saturated rings. The van der Waals surface area contributed by atoms with Crippen molar-refractivity contribution in [2.45, 2.75) is 24.9 Å². The first-order valence-electron chi connectivity index (χ1n) is 6.58. The van der Waals surface area contributed by atoms with Gasteiger partial charge in [0.2, 0.25) is 0 Å². The molecule has 1 heterocycles. The Bertz CT molecular complexity index is 619. The van der Waals surface area contributed by atoms with Gasteiger partial charge in [0.25, 0.3) is 5.69 Å². The van der Waals surface area contributed by atoms with Gasteiger partial charge in [0.1, 0.15) is 0 Å². The molecule has 1 aromatic carbocycles. The Morgan fingerprint density at radius 2 is 1.70 bits per heavy atom. The number of nitro benzene ring substituents is 1. The largest absolute Gasteiger partial charge is 0.467 e. The van der Waals surface area contributed by atoms with E-state index >= 15 is 0 Å². The van der Waals surface area contributed by atoms with Gasteiger partial charge in [0, 0.05) is 17.7 Å². The average molecular weight is 325 g/mol. The third kappa shape index (κ3) is 3.15. The van der Waals surface area contributed by atoms with E-state index in [2.05, 4.69) is 9.47 Å². The van der Waals surface area contributed by atoms with Crippen molar-refractivity contribution in [3.63, 3.8) is 0 Å². The second kappa shape index (κ2) is 6.31. The van der Waals surface area contributed by atoms with Crippen LogP contribution in [0.2, 0.25) is 0 Å². The van der Waals surface area contributed by atoms with Crippen LogP contribution in [0.15, 0.2) is 24.3 Å². The Kier molecular flexibility index (Phi) is 4.62. The van der Waals surface area contributed by atoms with Crippen LogP contribution in [0.25, 0.3) is 0 Å². The summed E-state index contributed by atoms with van der Waals surface area (Å²) in [7, 11) is 2.28. The fourth-order valence-electron chi connectivity index (χ4n) is 2.25. The number of benzene rings is 1. The van der Waals surface area contributed by atoms with Crippen LogP contribution in [0.3, 0.4) is 0 Å². The molecular formula is C14H15NO8. The number of methoxy groups -OCH3 is 2. The van der Waals surface area contributed by atoms with Crippen molar-refractivity contribution >= 4 is 17.6 Å². The molecule has 1 aliphatic rings. The summed E-state index contributed by atoms with van der Waals surface area (Å²) in [6.45, 7) is 1.45. The van der Waals surface area contributed by atoms with Crippen molar-refractivity contribution in [2.24, 2.45) is 0 Å². The molecule has 124 valence electrons. The van der Waals surface area contributed by atoms with E-state index in [1.165, 1.54) is 31.2 Å². The van der Waals surface area contributed by atoms with E-state index in [9.17, 15) is 19.7 Å². The summed E-state index contributed by atoms with van der Waals surface area (Å²) in [6.07, 6.45) is -2.67. The molecule has 0 N–H and O–H groups in total. The minimum atomic E-state index is -1.54. The van der Waals surface area contributed by atoms with Crippen LogP contribution in [-0.2, 0) is 34.3 Å². The highest BCUT2D eigenvalue weighted by Gasteiger charge is 2.53. The van der Waals surface area contributed by atoms with Gasteiger partial charge in [-0.3, -0.25) is 10.1 Å². The maximum atomic E-state index is 11.8. The molecule has 1 aliphatic heterocycles. The number of nitro groups is 1. The van der Waals surface area contributed by atoms with E-state index in [0.29, 0.717) is 0 Å². The van der Waals surface area contributed by atoms with Crippen molar-refractivity contribution in [3.8, 4) is 0 Å². The van der Waals surface area contributed by atoms with Gasteiger partial charge in [-0.15, -0.1) is 0 Å². The molecule has 2 unspecified atom stereocenters. The number of nitrogens with zero attached hydrogens (tertiary/aromatic N) is 1. The number of hydrogen-bond acceptors (Lipinski definition) is 8. The normalized spacial score (nSPS) is 26.6. The van der Waals surface area contributed by atoms with Gasteiger partial charge in [-0.1, -0.05) is 12.1 Å². The van der Waals surface area contributed by atoms with Gasteiger partial charge >= 0.3 is 11.9 Å². The summed E-state index contributed by atoms with van der Waals surface area (Å²) in [6, 6.07) is 5.52. The number of carbonyl (C=O) groups excluding carboxylic acids is 2. The Hall–Kier alpha value is -2.52. The Morgan fingerprint density at radius 1 is 1.17 bits per heavy atom. The molecule has 0 saturated carbocycles. The van der Waals surface area contributed by atoms with E-state index < -0.39 is 34.9 Å². The maximum absolute atomic E-state index is 11.8. The van der Waals surface area contributed by atoms with Crippen LogP contribution in [-0.4, -0.2) is 43.3 Å². The highest BCUT2D eigenvalue weighted by Crippen LogP contribution is 2.39. The SMILES string of the molecule is COC(=O)C1OC(C)(c2cccc([N+](=O)[O-])c2)OC1C(=O)OC. The highest BCUT2D eigenvalue weighted by atomic mass is 16.8. The monoisotopic (exact) mass is 325 g/mol. The van der Waals surface area contributed by atoms with E-state index in [-0.39, 0.29) is 11.3 Å². The summed E-state index contributed by atoms with van der Waals surface area (Å²) in [5.74, 6) is -3.16. The summed E-state index contributed by atoms with van der Waals surface area (Å²) < 4.78 is 20.3. The number of hydrogen-bond donors (Lipinski definition) is 0. The van der Waals surface area contributed by atoms with Crippen molar-refractivity contribution in [1.29, 1.82) is 0 Å². The summed E-state index contributed by atoms with van der Waals surface area (Å²) in [4.78, 5) is 33.9. The number of non-ortho nitro benzene ring substituents is 1. The van der Waals surface area contributed by atoms with Crippen molar-refractivity contribution in [2.75, 3.05) is 14.2 Å². The molecule has 9 nitrogen and oxygen atoms in total. The number of ether oxygens (including phenoxy) is 4. The molecular weight excluding hydrogens is 310 g/mol. The molecule has 0 aliphatic carbocycles. The van der Waals surface area contributed by atoms with Crippen LogP contribution in [0, 0.1) is 10.1 Å². The predicted octanol–water partition coefficient (Wildman–Crippen LogP) is 0.897. The molecule has 2 rings (SSSR count). The third-order valence-corrected chi connectivity index (χ3v) is 3.43. The minimum absolute atomic E-state index is 0.174. The van der Waals surface area contributed by atoms with Crippen LogP contribution < -0.4 is 0 Å². The topological polar surface area (TPSA) is 114 Å². The fraction of sp³-hybridized carbons (Fsp3) is 0.429. The quantitative estimate of drug-likeness (QED) is 0.455. The Balaban J connectivity index is 2.38. The zero-order chi connectivity index (χ0) is 17.2. The summed E-state index contributed by atoms with van der Waals surface area (Å²) in [5, 5.41) is 10.9. The molecule has 23 heavy (non-hydrogen) atoms. The second-order valence-corrected chi connectivity index (χ2v) is 4.88. The Morgan fingerprint density at radius 3 is 2.13 bits per heavy atom. The lowest BCUT2D eigenvalue weighted by atomic mass is 10.1. The summed E-state index contributed by atoms with van der Waals surface area (Å²) >= 11 is 0. The molecule has 0 aromatic heterocycles. The molecule has 0 amide bonds. The smallest absolute Gasteiger partial charge is 0.338 e. The molecule has 0 bridgehead atoms. The van der Waals surface area contributed by atoms with E-state index in [0.717, 1.165) is 14.2 Å². The molecule has 2 atom stereocenters. The van der Waals surface area contributed by atoms with Gasteiger partial charge in [0.15, 0.2) is 18.0 Å². The van der Waals surface area contributed by atoms with Crippen LogP contribution in [0.5, 0.6) is 0 Å². The lowest BCUT2D eigenvalue weighted by Gasteiger charge is -2.23. The fourth-order valence-corrected chi connectivity index (χ4v) is 2.25. The lowest BCUT2D eigenvalue weighted by Crippen LogP contribution is -2.38. The van der Waals surface area contributed by atoms with E-state index in [4.69, 9.17) is 9.47 Å². The van der Waals surface area contributed by atoms with Gasteiger partial charge < -0.3 is 18.9 Å². The van der Waals surface area contributed by atoms with E-state index in [1.54, 1.807) is 0 Å². The number of carbonyl (C=O) groups is 2. The highest BCUT2D eigenvalue weighted by molar-refractivity contribution is 5.86. The van der Waals surface area contributed by atoms with Crippen LogP contribution >= 0.6 is 0 Å². The third-order valence-electron chi connectivity index (χ3n) is 3.43. The van der Waals surface area contributed by atoms with Gasteiger partial charge in [0.05, 0.1) is 19.1 Å². The first-order valence-corrected chi connectivity index (χ1v) is 6.58. The maximum Gasteiger partial charge on any atom is 0.338 e.